The minimum absolute atomic E-state index is 0.130. The molecule has 0 bridgehead atoms. The maximum absolute atomic E-state index is 10.9. The number of rotatable bonds is 6. The molecule has 1 atom stereocenters. The largest absolute Gasteiger partial charge is 0.466 e. The summed E-state index contributed by atoms with van der Waals surface area (Å²) < 4.78 is 9.77. The van der Waals surface area contributed by atoms with Crippen LogP contribution in [0.5, 0.6) is 0 Å². The molecule has 72 valence electrons. The Morgan fingerprint density at radius 1 is 1.50 bits per heavy atom. The topological polar surface area (TPSA) is 47.6 Å². The number of hydrogen-bond donors (Lipinski definition) is 1. The van der Waals surface area contributed by atoms with Crippen LogP contribution < -0.4 is 4.84 Å². The molecule has 0 spiro atoms. The molecule has 0 rings (SSSR count). The zero-order valence-electron chi connectivity index (χ0n) is 7.30. The maximum atomic E-state index is 10.9. The van der Waals surface area contributed by atoms with Gasteiger partial charge in [0, 0.05) is 6.61 Å². The van der Waals surface area contributed by atoms with Crippen molar-refractivity contribution < 1.29 is 14.3 Å². The molecule has 0 aromatic heterocycles. The van der Waals surface area contributed by atoms with Crippen LogP contribution in [0.3, 0.4) is 0 Å². The molecule has 0 radical (unpaired) electrons. The lowest BCUT2D eigenvalue weighted by Crippen LogP contribution is -2.28. The van der Waals surface area contributed by atoms with Gasteiger partial charge in [-0.25, -0.2) is 4.84 Å². The summed E-state index contributed by atoms with van der Waals surface area (Å²) in [7, 11) is 0. The fraction of sp³-hybridized carbons (Fsp3) is 0.857. The van der Waals surface area contributed by atoms with E-state index in [1.165, 1.54) is 0 Å². The van der Waals surface area contributed by atoms with E-state index in [1.54, 1.807) is 6.92 Å². The summed E-state index contributed by atoms with van der Waals surface area (Å²) in [5, 5.41) is 0. The van der Waals surface area contributed by atoms with Gasteiger partial charge in [-0.3, -0.25) is 4.79 Å². The van der Waals surface area contributed by atoms with Gasteiger partial charge in [-0.2, -0.15) is 0 Å². The number of ether oxygens (including phenoxy) is 2. The van der Waals surface area contributed by atoms with Crippen LogP contribution in [0.4, 0.5) is 0 Å². The number of esters is 1. The standard InChI is InChI=1S/C7H14ClNO3/c1-3-11-6(9-8)5-7(10)12-4-2/h6,9H,3-5H2,1-2H3. The van der Waals surface area contributed by atoms with E-state index in [4.69, 9.17) is 21.3 Å². The van der Waals surface area contributed by atoms with Crippen LogP contribution in [0.2, 0.25) is 0 Å². The smallest absolute Gasteiger partial charge is 0.309 e. The fourth-order valence-electron chi connectivity index (χ4n) is 0.701. The van der Waals surface area contributed by atoms with E-state index in [-0.39, 0.29) is 12.4 Å². The van der Waals surface area contributed by atoms with Crippen molar-refractivity contribution in [2.45, 2.75) is 26.5 Å². The average molecular weight is 196 g/mol. The number of carbonyl (C=O) groups is 1. The lowest BCUT2D eigenvalue weighted by atomic mass is 10.4. The lowest BCUT2D eigenvalue weighted by Gasteiger charge is -2.12. The summed E-state index contributed by atoms with van der Waals surface area (Å²) in [6.07, 6.45) is -0.332. The van der Waals surface area contributed by atoms with Gasteiger partial charge in [0.1, 0.15) is 6.23 Å². The van der Waals surface area contributed by atoms with Gasteiger partial charge in [0.05, 0.1) is 13.0 Å². The van der Waals surface area contributed by atoms with Crippen LogP contribution in [-0.2, 0) is 14.3 Å². The molecule has 5 heteroatoms. The molecule has 4 nitrogen and oxygen atoms in total. The Morgan fingerprint density at radius 2 is 2.17 bits per heavy atom. The summed E-state index contributed by atoms with van der Waals surface area (Å²) >= 11 is 5.31. The first-order valence-corrected chi connectivity index (χ1v) is 4.25. The average Bonchev–Trinajstić information content (AvgIpc) is 2.04. The second-order valence-corrected chi connectivity index (χ2v) is 2.28. The van der Waals surface area contributed by atoms with Crippen molar-refractivity contribution in [1.29, 1.82) is 0 Å². The van der Waals surface area contributed by atoms with E-state index in [9.17, 15) is 4.79 Å². The first kappa shape index (κ1) is 11.7. The first-order valence-electron chi connectivity index (χ1n) is 3.87. The Bertz CT molecular complexity index is 132. The summed E-state index contributed by atoms with van der Waals surface area (Å²) in [4.78, 5) is 13.2. The van der Waals surface area contributed by atoms with E-state index in [1.807, 2.05) is 6.92 Å². The molecule has 1 unspecified atom stereocenters. The molecule has 0 saturated carbocycles. The Balaban J connectivity index is 3.61. The third-order valence-corrected chi connectivity index (χ3v) is 1.39. The van der Waals surface area contributed by atoms with Crippen molar-refractivity contribution in [2.24, 2.45) is 0 Å². The molecule has 1 N–H and O–H groups in total. The van der Waals surface area contributed by atoms with E-state index in [0.29, 0.717) is 13.2 Å². The zero-order valence-corrected chi connectivity index (χ0v) is 8.06. The summed E-state index contributed by atoms with van der Waals surface area (Å²) in [5.74, 6) is -0.316. The molecular weight excluding hydrogens is 182 g/mol. The molecule has 0 fully saturated rings. The second kappa shape index (κ2) is 7.34. The maximum Gasteiger partial charge on any atom is 0.309 e. The van der Waals surface area contributed by atoms with Crippen LogP contribution in [0.15, 0.2) is 0 Å². The number of hydrogen-bond acceptors (Lipinski definition) is 4. The highest BCUT2D eigenvalue weighted by Gasteiger charge is 2.12. The third-order valence-electron chi connectivity index (χ3n) is 1.15. The van der Waals surface area contributed by atoms with E-state index in [2.05, 4.69) is 4.84 Å². The highest BCUT2D eigenvalue weighted by molar-refractivity contribution is 6.13. The molecule has 0 aromatic carbocycles. The van der Waals surface area contributed by atoms with Gasteiger partial charge in [0.2, 0.25) is 0 Å². The molecular formula is C7H14ClNO3. The molecule has 0 aromatic rings. The van der Waals surface area contributed by atoms with Crippen LogP contribution in [0, 0.1) is 0 Å². The van der Waals surface area contributed by atoms with E-state index >= 15 is 0 Å². The van der Waals surface area contributed by atoms with Gasteiger partial charge < -0.3 is 9.47 Å². The van der Waals surface area contributed by atoms with Gasteiger partial charge in [-0.05, 0) is 25.6 Å². The zero-order chi connectivity index (χ0) is 9.40. The molecule has 0 amide bonds. The lowest BCUT2D eigenvalue weighted by molar-refractivity contribution is -0.146. The normalized spacial score (nSPS) is 12.6. The third kappa shape index (κ3) is 5.35. The number of nitrogens with one attached hydrogen (secondary N) is 1. The van der Waals surface area contributed by atoms with Crippen molar-refractivity contribution >= 4 is 17.7 Å². The Kier molecular flexibility index (Phi) is 7.14. The van der Waals surface area contributed by atoms with Crippen LogP contribution in [0.25, 0.3) is 0 Å². The predicted octanol–water partition coefficient (Wildman–Crippen LogP) is 1.05. The van der Waals surface area contributed by atoms with Gasteiger partial charge in [-0.15, -0.1) is 0 Å². The summed E-state index contributed by atoms with van der Waals surface area (Å²) in [6.45, 7) is 4.46. The summed E-state index contributed by atoms with van der Waals surface area (Å²) in [5.41, 5.74) is 0. The Hall–Kier alpha value is -0.320. The van der Waals surface area contributed by atoms with Crippen LogP contribution in [0.1, 0.15) is 20.3 Å². The first-order chi connectivity index (χ1) is 5.74. The molecule has 0 aliphatic rings. The van der Waals surface area contributed by atoms with Crippen molar-refractivity contribution in [3.8, 4) is 0 Å². The molecule has 0 aliphatic heterocycles. The number of halogens is 1. The van der Waals surface area contributed by atoms with E-state index in [0.717, 1.165) is 0 Å². The second-order valence-electron chi connectivity index (χ2n) is 2.06. The van der Waals surface area contributed by atoms with Crippen molar-refractivity contribution in [2.75, 3.05) is 13.2 Å². The van der Waals surface area contributed by atoms with Crippen LogP contribution in [-0.4, -0.2) is 25.4 Å². The monoisotopic (exact) mass is 195 g/mol. The molecule has 12 heavy (non-hydrogen) atoms. The van der Waals surface area contributed by atoms with Crippen molar-refractivity contribution in [3.05, 3.63) is 0 Å². The Morgan fingerprint density at radius 3 is 2.58 bits per heavy atom. The quantitative estimate of drug-likeness (QED) is 0.391. The molecule has 0 heterocycles. The van der Waals surface area contributed by atoms with Gasteiger partial charge in [-0.1, -0.05) is 0 Å². The SMILES string of the molecule is CCOC(=O)CC(NCl)OCC. The van der Waals surface area contributed by atoms with E-state index < -0.39 is 6.23 Å². The fourth-order valence-corrected chi connectivity index (χ4v) is 0.842. The van der Waals surface area contributed by atoms with Crippen molar-refractivity contribution in [1.82, 2.24) is 4.84 Å². The number of carbonyl (C=O) groups excluding carboxylic acids is 1. The van der Waals surface area contributed by atoms with Gasteiger partial charge in [0.25, 0.3) is 0 Å². The molecule has 0 saturated heterocycles. The minimum Gasteiger partial charge on any atom is -0.466 e. The summed E-state index contributed by atoms with van der Waals surface area (Å²) in [6, 6.07) is 0. The van der Waals surface area contributed by atoms with Gasteiger partial charge in [0.15, 0.2) is 0 Å². The van der Waals surface area contributed by atoms with Crippen molar-refractivity contribution in [3.63, 3.8) is 0 Å². The highest BCUT2D eigenvalue weighted by Crippen LogP contribution is 1.98. The van der Waals surface area contributed by atoms with Gasteiger partial charge >= 0.3 is 5.97 Å². The molecule has 0 aliphatic carbocycles. The Labute approximate surface area is 77.3 Å². The predicted molar refractivity (Wildman–Crippen MR) is 45.7 cm³/mol. The minimum atomic E-state index is -0.462. The highest BCUT2D eigenvalue weighted by atomic mass is 35.5. The van der Waals surface area contributed by atoms with Crippen LogP contribution >= 0.6 is 11.8 Å².